The van der Waals surface area contributed by atoms with Crippen LogP contribution in [-0.4, -0.2) is 33.0 Å². The fraction of sp³-hybridized carbons (Fsp3) is 0.455. The molecule has 0 amide bonds. The highest BCUT2D eigenvalue weighted by Gasteiger charge is 2.51. The van der Waals surface area contributed by atoms with Crippen LogP contribution in [-0.2, 0) is 0 Å². The number of aliphatic hydroxyl groups excluding tert-OH is 2. The number of aromatic amines is 1. The lowest BCUT2D eigenvalue weighted by molar-refractivity contribution is 0.232. The number of rotatable bonds is 4. The summed E-state index contributed by atoms with van der Waals surface area (Å²) in [6, 6.07) is -0.258. The molecule has 7 heteroatoms. The van der Waals surface area contributed by atoms with Crippen molar-refractivity contribution in [3.05, 3.63) is 37.6 Å². The number of H-pyrrole nitrogens is 1. The lowest BCUT2D eigenvalue weighted by Gasteiger charge is -2.05. The zero-order valence-corrected chi connectivity index (χ0v) is 11.0. The van der Waals surface area contributed by atoms with Gasteiger partial charge in [0.1, 0.15) is 0 Å². The Morgan fingerprint density at radius 2 is 1.94 bits per heavy atom. The summed E-state index contributed by atoms with van der Waals surface area (Å²) in [5.74, 6) is -0.279. The second-order valence-electron chi connectivity index (χ2n) is 4.23. The Kier molecular flexibility index (Phi) is 3.84. The molecule has 0 saturated heterocycles. The highest BCUT2D eigenvalue weighted by Crippen LogP contribution is 2.48. The Morgan fingerprint density at radius 3 is 2.44 bits per heavy atom. The van der Waals surface area contributed by atoms with Crippen LogP contribution in [0, 0.1) is 11.8 Å². The molecule has 0 radical (unpaired) electrons. The summed E-state index contributed by atoms with van der Waals surface area (Å²) in [7, 11) is 0. The molecule has 0 bridgehead atoms. The third-order valence-corrected chi connectivity index (χ3v) is 3.53. The second-order valence-corrected chi connectivity index (χ2v) is 4.76. The third-order valence-electron chi connectivity index (χ3n) is 3.27. The minimum Gasteiger partial charge on any atom is -0.396 e. The second kappa shape index (κ2) is 5.21. The number of halogens is 1. The Morgan fingerprint density at radius 1 is 1.33 bits per heavy atom. The molecule has 18 heavy (non-hydrogen) atoms. The number of nitrogens with one attached hydrogen (secondary N) is 1. The van der Waals surface area contributed by atoms with Gasteiger partial charge in [-0.05, 0) is 11.1 Å². The van der Waals surface area contributed by atoms with E-state index in [1.165, 1.54) is 21.8 Å². The smallest absolute Gasteiger partial charge is 0.328 e. The van der Waals surface area contributed by atoms with Crippen LogP contribution < -0.4 is 11.2 Å². The molecule has 6 nitrogen and oxygen atoms in total. The van der Waals surface area contributed by atoms with Crippen molar-refractivity contribution in [3.8, 4) is 0 Å². The molecule has 2 rings (SSSR count). The Hall–Kier alpha value is -1.18. The van der Waals surface area contributed by atoms with Crippen molar-refractivity contribution in [1.29, 1.82) is 0 Å². The first-order valence-electron chi connectivity index (χ1n) is 5.48. The molecule has 98 valence electrons. The van der Waals surface area contributed by atoms with Gasteiger partial charge in [-0.2, -0.15) is 0 Å². The first-order chi connectivity index (χ1) is 8.63. The summed E-state index contributed by atoms with van der Waals surface area (Å²) in [6.07, 6.45) is 2.97. The zero-order valence-electron chi connectivity index (χ0n) is 9.41. The summed E-state index contributed by atoms with van der Waals surface area (Å²) in [5, 5.41) is 18.3. The van der Waals surface area contributed by atoms with E-state index in [1.54, 1.807) is 0 Å². The predicted octanol–water partition coefficient (Wildman–Crippen LogP) is -0.326. The molecule has 1 heterocycles. The Labute approximate surface area is 111 Å². The summed E-state index contributed by atoms with van der Waals surface area (Å²) in [6.45, 7) is -0.184. The van der Waals surface area contributed by atoms with Crippen molar-refractivity contribution in [1.82, 2.24) is 9.55 Å². The normalized spacial score (nSPS) is 26.7. The van der Waals surface area contributed by atoms with E-state index in [0.29, 0.717) is 5.56 Å². The summed E-state index contributed by atoms with van der Waals surface area (Å²) < 4.78 is 1.37. The van der Waals surface area contributed by atoms with Crippen LogP contribution in [0.1, 0.15) is 11.6 Å². The van der Waals surface area contributed by atoms with E-state index < -0.39 is 11.2 Å². The van der Waals surface area contributed by atoms with Crippen molar-refractivity contribution in [2.75, 3.05) is 13.2 Å². The maximum atomic E-state index is 11.7. The van der Waals surface area contributed by atoms with Gasteiger partial charge in [0.2, 0.25) is 0 Å². The lowest BCUT2D eigenvalue weighted by atomic mass is 10.3. The summed E-state index contributed by atoms with van der Waals surface area (Å²) in [4.78, 5) is 26.9. The number of aliphatic hydroxyl groups is 2. The molecule has 1 fully saturated rings. The van der Waals surface area contributed by atoms with E-state index >= 15 is 0 Å². The summed E-state index contributed by atoms with van der Waals surface area (Å²) in [5.41, 5.74) is -0.647. The lowest BCUT2D eigenvalue weighted by Crippen LogP contribution is -2.31. The fourth-order valence-electron chi connectivity index (χ4n) is 2.23. The van der Waals surface area contributed by atoms with Crippen LogP contribution >= 0.6 is 15.9 Å². The Bertz CT molecular complexity index is 567. The van der Waals surface area contributed by atoms with E-state index in [4.69, 9.17) is 10.2 Å². The number of aromatic nitrogens is 2. The molecule has 1 saturated carbocycles. The van der Waals surface area contributed by atoms with Gasteiger partial charge in [0.25, 0.3) is 5.56 Å². The monoisotopic (exact) mass is 316 g/mol. The van der Waals surface area contributed by atoms with E-state index in [1.807, 2.05) is 0 Å². The molecular formula is C11H13BrN2O4. The van der Waals surface area contributed by atoms with Crippen molar-refractivity contribution in [2.24, 2.45) is 11.8 Å². The van der Waals surface area contributed by atoms with Crippen LogP contribution in [0.5, 0.6) is 0 Å². The van der Waals surface area contributed by atoms with Gasteiger partial charge in [0, 0.05) is 37.3 Å². The van der Waals surface area contributed by atoms with E-state index in [-0.39, 0.29) is 31.1 Å². The van der Waals surface area contributed by atoms with Crippen LogP contribution in [0.4, 0.5) is 0 Å². The zero-order chi connectivity index (χ0) is 13.3. The topological polar surface area (TPSA) is 95.3 Å². The van der Waals surface area contributed by atoms with E-state index in [2.05, 4.69) is 20.9 Å². The van der Waals surface area contributed by atoms with Crippen molar-refractivity contribution < 1.29 is 10.2 Å². The first-order valence-corrected chi connectivity index (χ1v) is 6.39. The Balaban J connectivity index is 2.43. The SMILES string of the molecule is O=c1[nH]c(=O)n(C2C(CO)C2CO)cc1C=CBr. The quantitative estimate of drug-likeness (QED) is 0.709. The number of nitrogens with zero attached hydrogens (tertiary/aromatic N) is 1. The van der Waals surface area contributed by atoms with E-state index in [0.717, 1.165) is 0 Å². The van der Waals surface area contributed by atoms with Gasteiger partial charge < -0.3 is 10.2 Å². The maximum absolute atomic E-state index is 11.7. The van der Waals surface area contributed by atoms with Crippen LogP contribution in [0.3, 0.4) is 0 Å². The molecular weight excluding hydrogens is 304 g/mol. The molecule has 1 aliphatic carbocycles. The fourth-order valence-corrected chi connectivity index (χ4v) is 2.52. The maximum Gasteiger partial charge on any atom is 0.328 e. The molecule has 3 N–H and O–H groups in total. The molecule has 1 aliphatic rings. The standard InChI is InChI=1S/C11H13BrN2O4/c12-2-1-6-3-14(11(18)13-10(6)17)9-7(4-15)8(9)5-16/h1-3,7-9,15-16H,4-5H2,(H,13,17,18). The van der Waals surface area contributed by atoms with Crippen LogP contribution in [0.25, 0.3) is 6.08 Å². The molecule has 2 unspecified atom stereocenters. The van der Waals surface area contributed by atoms with Gasteiger partial charge in [0.15, 0.2) is 0 Å². The van der Waals surface area contributed by atoms with Crippen molar-refractivity contribution in [3.63, 3.8) is 0 Å². The molecule has 0 aliphatic heterocycles. The first kappa shape index (κ1) is 13.3. The average molecular weight is 317 g/mol. The average Bonchev–Trinajstić information content (AvgIpc) is 3.05. The highest BCUT2D eigenvalue weighted by atomic mass is 79.9. The van der Waals surface area contributed by atoms with E-state index in [9.17, 15) is 9.59 Å². The van der Waals surface area contributed by atoms with Crippen LogP contribution in [0.2, 0.25) is 0 Å². The minimum atomic E-state index is -0.522. The third kappa shape index (κ3) is 2.21. The largest absolute Gasteiger partial charge is 0.396 e. The van der Waals surface area contributed by atoms with Gasteiger partial charge in [-0.25, -0.2) is 4.79 Å². The van der Waals surface area contributed by atoms with Gasteiger partial charge in [-0.3, -0.25) is 14.3 Å². The molecule has 1 aromatic heterocycles. The van der Waals surface area contributed by atoms with Gasteiger partial charge in [-0.1, -0.05) is 15.9 Å². The summed E-state index contributed by atoms with van der Waals surface area (Å²) >= 11 is 3.07. The molecule has 0 spiro atoms. The number of hydrogen-bond acceptors (Lipinski definition) is 4. The van der Waals surface area contributed by atoms with Gasteiger partial charge in [-0.15, -0.1) is 0 Å². The number of hydrogen-bond donors (Lipinski definition) is 3. The van der Waals surface area contributed by atoms with Crippen LogP contribution in [0.15, 0.2) is 20.8 Å². The van der Waals surface area contributed by atoms with Gasteiger partial charge in [0.05, 0.1) is 5.56 Å². The van der Waals surface area contributed by atoms with Crippen molar-refractivity contribution >= 4 is 22.0 Å². The molecule has 2 atom stereocenters. The molecule has 1 aromatic rings. The van der Waals surface area contributed by atoms with Crippen molar-refractivity contribution in [2.45, 2.75) is 6.04 Å². The highest BCUT2D eigenvalue weighted by molar-refractivity contribution is 9.11. The minimum absolute atomic E-state index is 0.0922. The molecule has 0 aromatic carbocycles. The van der Waals surface area contributed by atoms with Gasteiger partial charge >= 0.3 is 5.69 Å². The predicted molar refractivity (Wildman–Crippen MR) is 69.5 cm³/mol.